The minimum atomic E-state index is -1.65. The molecular formula is C18H19N3O3. The average molecular weight is 325 g/mol. The average Bonchev–Trinajstić information content (AvgIpc) is 2.56. The number of fused-ring (bicyclic) bond motifs is 1. The summed E-state index contributed by atoms with van der Waals surface area (Å²) >= 11 is 0. The van der Waals surface area contributed by atoms with Crippen LogP contribution in [-0.2, 0) is 9.59 Å². The van der Waals surface area contributed by atoms with E-state index in [1.807, 2.05) is 32.0 Å². The summed E-state index contributed by atoms with van der Waals surface area (Å²) in [4.78, 5) is 31.1. The minimum absolute atomic E-state index is 0.414. The van der Waals surface area contributed by atoms with Gasteiger partial charge in [-0.05, 0) is 50.1 Å². The van der Waals surface area contributed by atoms with E-state index in [4.69, 9.17) is 4.74 Å². The number of hydrogen-bond donors (Lipinski definition) is 1. The summed E-state index contributed by atoms with van der Waals surface area (Å²) < 4.78 is 5.80. The Morgan fingerprint density at radius 1 is 1.29 bits per heavy atom. The third-order valence-corrected chi connectivity index (χ3v) is 4.18. The standard InChI is InChI=1S/C18H19N3O3/c1-11-7-8-14-13(10-11)21(4)17(23)18(3,24-14)16(22)20-15-12(2)6-5-9-19-15/h5-10H,1-4H3,(H,19,20,22). The molecule has 0 saturated heterocycles. The highest BCUT2D eigenvalue weighted by molar-refractivity contribution is 6.19. The number of aromatic nitrogens is 1. The van der Waals surface area contributed by atoms with Crippen molar-refractivity contribution in [3.63, 3.8) is 0 Å². The Kier molecular flexibility index (Phi) is 3.75. The van der Waals surface area contributed by atoms with Gasteiger partial charge < -0.3 is 15.0 Å². The van der Waals surface area contributed by atoms with Gasteiger partial charge in [-0.3, -0.25) is 9.59 Å². The zero-order valence-corrected chi connectivity index (χ0v) is 14.1. The molecule has 1 aliphatic heterocycles. The highest BCUT2D eigenvalue weighted by atomic mass is 16.5. The van der Waals surface area contributed by atoms with Crippen LogP contribution in [0.4, 0.5) is 11.5 Å². The molecule has 2 amide bonds. The molecule has 6 heteroatoms. The summed E-state index contributed by atoms with van der Waals surface area (Å²) in [6.45, 7) is 5.24. The number of benzene rings is 1. The number of nitrogens with one attached hydrogen (secondary N) is 1. The van der Waals surface area contributed by atoms with Crippen LogP contribution in [0.3, 0.4) is 0 Å². The van der Waals surface area contributed by atoms with E-state index in [9.17, 15) is 9.59 Å². The van der Waals surface area contributed by atoms with Gasteiger partial charge in [0, 0.05) is 13.2 Å². The second-order valence-corrected chi connectivity index (χ2v) is 6.09. The maximum absolute atomic E-state index is 12.8. The van der Waals surface area contributed by atoms with Crippen LogP contribution in [0, 0.1) is 13.8 Å². The second kappa shape index (κ2) is 5.63. The zero-order valence-electron chi connectivity index (χ0n) is 14.1. The third-order valence-electron chi connectivity index (χ3n) is 4.18. The fourth-order valence-corrected chi connectivity index (χ4v) is 2.66. The smallest absolute Gasteiger partial charge is 0.280 e. The SMILES string of the molecule is Cc1ccc2c(c1)N(C)C(=O)C(C)(C(=O)Nc1ncccc1C)O2. The molecule has 124 valence electrons. The lowest BCUT2D eigenvalue weighted by molar-refractivity contribution is -0.144. The molecule has 1 aliphatic rings. The highest BCUT2D eigenvalue weighted by Gasteiger charge is 2.50. The number of ether oxygens (including phenoxy) is 1. The van der Waals surface area contributed by atoms with Gasteiger partial charge in [-0.1, -0.05) is 12.1 Å². The summed E-state index contributed by atoms with van der Waals surface area (Å²) in [5, 5.41) is 2.69. The Labute approximate surface area is 140 Å². The number of nitrogens with zero attached hydrogens (tertiary/aromatic N) is 2. The van der Waals surface area contributed by atoms with Gasteiger partial charge in [-0.25, -0.2) is 4.98 Å². The molecule has 0 aliphatic carbocycles. The lowest BCUT2D eigenvalue weighted by Gasteiger charge is -2.38. The van der Waals surface area contributed by atoms with Crippen molar-refractivity contribution >= 4 is 23.3 Å². The van der Waals surface area contributed by atoms with Crippen molar-refractivity contribution in [2.45, 2.75) is 26.4 Å². The van der Waals surface area contributed by atoms with Gasteiger partial charge in [0.05, 0.1) is 5.69 Å². The number of carbonyl (C=O) groups is 2. The number of aryl methyl sites for hydroxylation is 2. The first-order valence-corrected chi connectivity index (χ1v) is 7.64. The number of amides is 2. The van der Waals surface area contributed by atoms with Crippen LogP contribution in [0.5, 0.6) is 5.75 Å². The molecule has 1 aromatic carbocycles. The van der Waals surface area contributed by atoms with E-state index < -0.39 is 17.4 Å². The van der Waals surface area contributed by atoms with E-state index in [0.29, 0.717) is 17.3 Å². The Morgan fingerprint density at radius 3 is 2.75 bits per heavy atom. The Bertz CT molecular complexity index is 834. The van der Waals surface area contributed by atoms with E-state index in [0.717, 1.165) is 11.1 Å². The number of hydrogen-bond acceptors (Lipinski definition) is 4. The molecule has 6 nitrogen and oxygen atoms in total. The first kappa shape index (κ1) is 16.0. The minimum Gasteiger partial charge on any atom is -0.465 e. The van der Waals surface area contributed by atoms with Crippen LogP contribution in [0.1, 0.15) is 18.1 Å². The maximum Gasteiger partial charge on any atom is 0.280 e. The molecule has 0 fully saturated rings. The molecule has 2 aromatic rings. The Hall–Kier alpha value is -2.89. The Balaban J connectivity index is 1.95. The van der Waals surface area contributed by atoms with Crippen molar-refractivity contribution in [1.29, 1.82) is 0 Å². The van der Waals surface area contributed by atoms with Gasteiger partial charge in [0.1, 0.15) is 11.6 Å². The lowest BCUT2D eigenvalue weighted by Crippen LogP contribution is -2.59. The number of pyridine rings is 1. The monoisotopic (exact) mass is 325 g/mol. The van der Waals surface area contributed by atoms with E-state index in [-0.39, 0.29) is 0 Å². The molecule has 0 bridgehead atoms. The van der Waals surface area contributed by atoms with E-state index >= 15 is 0 Å². The van der Waals surface area contributed by atoms with Crippen molar-refractivity contribution in [2.75, 3.05) is 17.3 Å². The van der Waals surface area contributed by atoms with Crippen molar-refractivity contribution < 1.29 is 14.3 Å². The quantitative estimate of drug-likeness (QED) is 0.861. The van der Waals surface area contributed by atoms with Gasteiger partial charge in [0.2, 0.25) is 0 Å². The van der Waals surface area contributed by atoms with Crippen LogP contribution in [-0.4, -0.2) is 29.4 Å². The molecule has 3 rings (SSSR count). The molecule has 1 atom stereocenters. The summed E-state index contributed by atoms with van der Waals surface area (Å²) in [6.07, 6.45) is 1.58. The van der Waals surface area contributed by atoms with Gasteiger partial charge >= 0.3 is 0 Å². The van der Waals surface area contributed by atoms with E-state index in [2.05, 4.69) is 10.3 Å². The first-order valence-electron chi connectivity index (χ1n) is 7.64. The van der Waals surface area contributed by atoms with Crippen molar-refractivity contribution in [3.05, 3.63) is 47.7 Å². The van der Waals surface area contributed by atoms with E-state index in [1.54, 1.807) is 25.4 Å². The fourth-order valence-electron chi connectivity index (χ4n) is 2.66. The maximum atomic E-state index is 12.8. The summed E-state index contributed by atoms with van der Waals surface area (Å²) in [7, 11) is 1.64. The number of anilines is 2. The molecular weight excluding hydrogens is 306 g/mol. The molecule has 0 saturated carbocycles. The molecule has 2 heterocycles. The van der Waals surface area contributed by atoms with E-state index in [1.165, 1.54) is 11.8 Å². The van der Waals surface area contributed by atoms with Gasteiger partial charge in [-0.2, -0.15) is 0 Å². The fraction of sp³-hybridized carbons (Fsp3) is 0.278. The van der Waals surface area contributed by atoms with Gasteiger partial charge in [-0.15, -0.1) is 0 Å². The molecule has 0 spiro atoms. The molecule has 1 unspecified atom stereocenters. The first-order chi connectivity index (χ1) is 11.3. The van der Waals surface area contributed by atoms with Crippen molar-refractivity contribution in [3.8, 4) is 5.75 Å². The third kappa shape index (κ3) is 2.50. The molecule has 0 radical (unpaired) electrons. The largest absolute Gasteiger partial charge is 0.465 e. The van der Waals surface area contributed by atoms with Crippen LogP contribution in [0.2, 0.25) is 0 Å². The molecule has 24 heavy (non-hydrogen) atoms. The van der Waals surface area contributed by atoms with Crippen LogP contribution >= 0.6 is 0 Å². The van der Waals surface area contributed by atoms with Crippen LogP contribution in [0.15, 0.2) is 36.5 Å². The van der Waals surface area contributed by atoms with Crippen molar-refractivity contribution in [2.24, 2.45) is 0 Å². The summed E-state index contributed by atoms with van der Waals surface area (Å²) in [5.74, 6) is -0.0605. The number of rotatable bonds is 2. The van der Waals surface area contributed by atoms with Crippen molar-refractivity contribution in [1.82, 2.24) is 4.98 Å². The molecule has 1 N–H and O–H groups in total. The van der Waals surface area contributed by atoms with Gasteiger partial charge in [0.15, 0.2) is 0 Å². The molecule has 1 aromatic heterocycles. The predicted octanol–water partition coefficient (Wildman–Crippen LogP) is 2.45. The van der Waals surface area contributed by atoms with Crippen LogP contribution in [0.25, 0.3) is 0 Å². The summed E-state index contributed by atoms with van der Waals surface area (Å²) in [5.41, 5.74) is 0.816. The van der Waals surface area contributed by atoms with Crippen LogP contribution < -0.4 is 15.0 Å². The second-order valence-electron chi connectivity index (χ2n) is 6.09. The lowest BCUT2D eigenvalue weighted by atomic mass is 9.99. The summed E-state index contributed by atoms with van der Waals surface area (Å²) in [6, 6.07) is 9.11. The highest BCUT2D eigenvalue weighted by Crippen LogP contribution is 2.38. The Morgan fingerprint density at radius 2 is 2.04 bits per heavy atom. The number of carbonyl (C=O) groups excluding carboxylic acids is 2. The zero-order chi connectivity index (χ0) is 17.5. The topological polar surface area (TPSA) is 71.5 Å². The normalized spacial score (nSPS) is 19.5. The van der Waals surface area contributed by atoms with Gasteiger partial charge in [0.25, 0.3) is 17.4 Å². The predicted molar refractivity (Wildman–Crippen MR) is 91.2 cm³/mol. The number of likely N-dealkylation sites (N-methyl/N-ethyl adjacent to an activating group) is 1.